The molecule has 0 radical (unpaired) electrons. The van der Waals surface area contributed by atoms with Gasteiger partial charge in [0.25, 0.3) is 0 Å². The zero-order valence-corrected chi connectivity index (χ0v) is 23.5. The molecule has 3 rings (SSSR count). The summed E-state index contributed by atoms with van der Waals surface area (Å²) in [4.78, 5) is 12.4. The highest BCUT2D eigenvalue weighted by atomic mass is 16.7. The van der Waals surface area contributed by atoms with Gasteiger partial charge < -0.3 is 19.3 Å². The first-order valence-corrected chi connectivity index (χ1v) is 12.8. The Morgan fingerprint density at radius 1 is 0.944 bits per heavy atom. The van der Waals surface area contributed by atoms with E-state index >= 15 is 0 Å². The molecule has 1 fully saturated rings. The van der Waals surface area contributed by atoms with Crippen LogP contribution in [0.3, 0.4) is 0 Å². The second-order valence-electron chi connectivity index (χ2n) is 13.4. The van der Waals surface area contributed by atoms with Crippen molar-refractivity contribution >= 4 is 5.97 Å². The predicted molar refractivity (Wildman–Crippen MR) is 144 cm³/mol. The van der Waals surface area contributed by atoms with E-state index in [9.17, 15) is 9.90 Å². The lowest BCUT2D eigenvalue weighted by Gasteiger charge is -2.43. The normalized spacial score (nSPS) is 21.3. The van der Waals surface area contributed by atoms with Crippen LogP contribution in [0, 0.1) is 10.8 Å². The van der Waals surface area contributed by atoms with Crippen molar-refractivity contribution in [1.29, 1.82) is 0 Å². The Morgan fingerprint density at radius 2 is 1.44 bits per heavy atom. The monoisotopic (exact) mass is 496 g/mol. The Morgan fingerprint density at radius 3 is 1.92 bits per heavy atom. The minimum absolute atomic E-state index is 0.179. The van der Waals surface area contributed by atoms with Gasteiger partial charge in [-0.3, -0.25) is 0 Å². The molecule has 1 N–H and O–H groups in total. The van der Waals surface area contributed by atoms with Crippen molar-refractivity contribution in [3.8, 4) is 5.75 Å². The minimum Gasteiger partial charge on any atom is -0.507 e. The molecule has 0 bridgehead atoms. The highest BCUT2D eigenvalue weighted by Crippen LogP contribution is 2.42. The largest absolute Gasteiger partial charge is 0.507 e. The summed E-state index contributed by atoms with van der Waals surface area (Å²) in [7, 11) is 0. The topological polar surface area (TPSA) is 65.0 Å². The van der Waals surface area contributed by atoms with E-state index in [2.05, 4.69) is 67.5 Å². The number of hydrogen-bond acceptors (Lipinski definition) is 5. The summed E-state index contributed by atoms with van der Waals surface area (Å²) in [6.45, 7) is 20.2. The van der Waals surface area contributed by atoms with Crippen molar-refractivity contribution in [2.75, 3.05) is 19.8 Å². The molecule has 5 heteroatoms. The Hall–Kier alpha value is -2.37. The zero-order valence-electron chi connectivity index (χ0n) is 23.5. The molecule has 2 aromatic carbocycles. The first kappa shape index (κ1) is 28.2. The van der Waals surface area contributed by atoms with Gasteiger partial charge in [-0.25, -0.2) is 4.79 Å². The second-order valence-corrected chi connectivity index (χ2v) is 13.4. The summed E-state index contributed by atoms with van der Waals surface area (Å²) in [5, 5.41) is 11.1. The van der Waals surface area contributed by atoms with Crippen molar-refractivity contribution in [2.45, 2.75) is 85.9 Å². The fraction of sp³-hybridized carbons (Fsp3) is 0.581. The molecule has 2 aromatic rings. The van der Waals surface area contributed by atoms with Gasteiger partial charge in [0.1, 0.15) is 12.4 Å². The summed E-state index contributed by atoms with van der Waals surface area (Å²) in [5.41, 5.74) is 2.54. The highest BCUT2D eigenvalue weighted by molar-refractivity contribution is 5.89. The predicted octanol–water partition coefficient (Wildman–Crippen LogP) is 6.79. The molecule has 0 saturated carbocycles. The maximum absolute atomic E-state index is 12.4. The number of carbonyl (C=O) groups is 1. The van der Waals surface area contributed by atoms with Crippen molar-refractivity contribution in [3.63, 3.8) is 0 Å². The molecule has 1 aliphatic rings. The summed E-state index contributed by atoms with van der Waals surface area (Å²) in [5.74, 6) is 0.0541. The average molecular weight is 497 g/mol. The quantitative estimate of drug-likeness (QED) is 0.446. The molecule has 0 amide bonds. The van der Waals surface area contributed by atoms with E-state index in [4.69, 9.17) is 14.2 Å². The third kappa shape index (κ3) is 6.68. The van der Waals surface area contributed by atoms with Crippen LogP contribution in [0.4, 0.5) is 0 Å². The van der Waals surface area contributed by atoms with Crippen LogP contribution in [-0.2, 0) is 31.5 Å². The number of carbonyl (C=O) groups excluding carboxylic acids is 1. The van der Waals surface area contributed by atoms with Gasteiger partial charge in [0.05, 0.1) is 18.8 Å². The molecule has 0 spiro atoms. The third-order valence-electron chi connectivity index (χ3n) is 6.81. The Bertz CT molecular complexity index is 1010. The van der Waals surface area contributed by atoms with Crippen LogP contribution in [-0.4, -0.2) is 37.2 Å². The molecule has 1 saturated heterocycles. The van der Waals surface area contributed by atoms with Gasteiger partial charge in [-0.1, -0.05) is 92.6 Å². The van der Waals surface area contributed by atoms with Gasteiger partial charge >= 0.3 is 5.97 Å². The van der Waals surface area contributed by atoms with E-state index < -0.39 is 5.41 Å². The first-order valence-electron chi connectivity index (χ1n) is 12.8. The van der Waals surface area contributed by atoms with E-state index in [0.717, 1.165) is 23.1 Å². The molecular weight excluding hydrogens is 452 g/mol. The van der Waals surface area contributed by atoms with E-state index in [1.54, 1.807) is 12.1 Å². The van der Waals surface area contributed by atoms with Crippen LogP contribution in [0.5, 0.6) is 5.75 Å². The van der Waals surface area contributed by atoms with Gasteiger partial charge in [-0.2, -0.15) is 0 Å². The number of hydrogen-bond donors (Lipinski definition) is 1. The molecule has 1 heterocycles. The molecule has 36 heavy (non-hydrogen) atoms. The maximum Gasteiger partial charge on any atom is 0.338 e. The van der Waals surface area contributed by atoms with Crippen LogP contribution >= 0.6 is 0 Å². The van der Waals surface area contributed by atoms with E-state index in [0.29, 0.717) is 24.5 Å². The average Bonchev–Trinajstić information content (AvgIpc) is 2.78. The molecule has 1 aliphatic heterocycles. The van der Waals surface area contributed by atoms with Crippen molar-refractivity contribution in [1.82, 2.24) is 0 Å². The SMILES string of the molecule is CC1(COC(=O)c2ccccc2)COC(C(C)(C)Cc2cc(C(C)(C)C)c(O)c(C(C)(C)C)c2)OC1. The standard InChI is InChI=1S/C31H44O5/c1-28(2,3)23-15-21(16-24(25(23)32)29(4,5)6)17-30(7,8)27-35-19-31(9,20-36-27)18-34-26(33)22-13-11-10-12-14-22/h10-16,27,32H,17-20H2,1-9H3. The van der Waals surface area contributed by atoms with Crippen molar-refractivity contribution < 1.29 is 24.1 Å². The lowest BCUT2D eigenvalue weighted by atomic mass is 9.76. The zero-order chi connectivity index (χ0) is 26.9. The number of rotatable bonds is 6. The summed E-state index contributed by atoms with van der Waals surface area (Å²) >= 11 is 0. The molecule has 0 aliphatic carbocycles. The molecular formula is C31H44O5. The number of aromatic hydroxyl groups is 1. The van der Waals surface area contributed by atoms with Gasteiger partial charge in [-0.05, 0) is 46.1 Å². The first-order chi connectivity index (χ1) is 16.5. The maximum atomic E-state index is 12.4. The Kier molecular flexibility index (Phi) is 7.98. The van der Waals surface area contributed by atoms with Crippen LogP contribution in [0.25, 0.3) is 0 Å². The van der Waals surface area contributed by atoms with E-state index in [1.807, 2.05) is 25.1 Å². The van der Waals surface area contributed by atoms with E-state index in [1.165, 1.54) is 0 Å². The number of benzene rings is 2. The van der Waals surface area contributed by atoms with Gasteiger partial charge in [0, 0.05) is 10.8 Å². The number of phenols is 1. The van der Waals surface area contributed by atoms with Gasteiger partial charge in [0.15, 0.2) is 6.29 Å². The van der Waals surface area contributed by atoms with Crippen LogP contribution in [0.2, 0.25) is 0 Å². The molecule has 0 aromatic heterocycles. The minimum atomic E-state index is -0.408. The van der Waals surface area contributed by atoms with Gasteiger partial charge in [0.2, 0.25) is 0 Å². The highest BCUT2D eigenvalue weighted by Gasteiger charge is 2.41. The number of phenolic OH excluding ortho intramolecular Hbond substituents is 1. The van der Waals surface area contributed by atoms with Gasteiger partial charge in [-0.15, -0.1) is 0 Å². The van der Waals surface area contributed by atoms with Crippen molar-refractivity contribution in [2.24, 2.45) is 10.8 Å². The third-order valence-corrected chi connectivity index (χ3v) is 6.81. The van der Waals surface area contributed by atoms with Crippen molar-refractivity contribution in [3.05, 3.63) is 64.7 Å². The summed E-state index contributed by atoms with van der Waals surface area (Å²) < 4.78 is 18.0. The second kappa shape index (κ2) is 10.2. The lowest BCUT2D eigenvalue weighted by Crippen LogP contribution is -2.48. The molecule has 5 nitrogen and oxygen atoms in total. The fourth-order valence-corrected chi connectivity index (χ4v) is 4.62. The molecule has 198 valence electrons. The van der Waals surface area contributed by atoms with E-state index in [-0.39, 0.29) is 35.1 Å². The summed E-state index contributed by atoms with van der Waals surface area (Å²) in [6.07, 6.45) is 0.351. The fourth-order valence-electron chi connectivity index (χ4n) is 4.62. The van der Waals surface area contributed by atoms with Crippen LogP contribution in [0.15, 0.2) is 42.5 Å². The number of esters is 1. The smallest absolute Gasteiger partial charge is 0.338 e. The lowest BCUT2D eigenvalue weighted by molar-refractivity contribution is -0.270. The summed E-state index contributed by atoms with van der Waals surface area (Å²) in [6, 6.07) is 13.3. The molecule has 0 atom stereocenters. The van der Waals surface area contributed by atoms with Crippen LogP contribution in [0.1, 0.15) is 89.4 Å². The Balaban J connectivity index is 1.69. The number of ether oxygens (including phenoxy) is 3. The molecule has 0 unspecified atom stereocenters. The Labute approximate surface area is 217 Å². The van der Waals surface area contributed by atoms with Crippen LogP contribution < -0.4 is 0 Å².